The number of benzene rings is 1. The van der Waals surface area contributed by atoms with E-state index in [0.29, 0.717) is 5.58 Å². The molecule has 1 unspecified atom stereocenters. The smallest absolute Gasteiger partial charge is 0.196 e. The Morgan fingerprint density at radius 3 is 3.00 bits per heavy atom. The first-order valence-electron chi connectivity index (χ1n) is 6.89. The summed E-state index contributed by atoms with van der Waals surface area (Å²) in [6, 6.07) is 7.90. The Bertz CT molecular complexity index is 753. The van der Waals surface area contributed by atoms with E-state index < -0.39 is 0 Å². The van der Waals surface area contributed by atoms with Crippen molar-refractivity contribution in [1.29, 1.82) is 0 Å². The van der Waals surface area contributed by atoms with Gasteiger partial charge in [-0.05, 0) is 25.0 Å². The van der Waals surface area contributed by atoms with E-state index >= 15 is 0 Å². The van der Waals surface area contributed by atoms with Gasteiger partial charge in [-0.1, -0.05) is 12.1 Å². The molecule has 110 valence electrons. The highest BCUT2D eigenvalue weighted by Gasteiger charge is 2.17. The predicted molar refractivity (Wildman–Crippen MR) is 76.8 cm³/mol. The van der Waals surface area contributed by atoms with Crippen LogP contribution in [0, 0.1) is 0 Å². The number of ether oxygens (including phenoxy) is 1. The molecule has 1 saturated heterocycles. The molecule has 21 heavy (non-hydrogen) atoms. The molecule has 1 atom stereocenters. The Kier molecular flexibility index (Phi) is 3.94. The second-order valence-electron chi connectivity index (χ2n) is 5.01. The van der Waals surface area contributed by atoms with Crippen LogP contribution in [-0.2, 0) is 4.74 Å². The molecule has 6 heteroatoms. The fourth-order valence-electron chi connectivity index (χ4n) is 2.67. The van der Waals surface area contributed by atoms with Gasteiger partial charge >= 0.3 is 0 Å². The lowest BCUT2D eigenvalue weighted by Crippen LogP contribution is -3.00. The molecule has 0 aliphatic carbocycles. The van der Waals surface area contributed by atoms with E-state index in [1.807, 2.05) is 24.3 Å². The summed E-state index contributed by atoms with van der Waals surface area (Å²) in [5, 5.41) is 4.34. The zero-order valence-corrected chi connectivity index (χ0v) is 12.1. The first-order valence-corrected chi connectivity index (χ1v) is 6.89. The predicted octanol–water partition coefficient (Wildman–Crippen LogP) is -0.0291. The molecule has 1 N–H and O–H groups in total. The van der Waals surface area contributed by atoms with Crippen molar-refractivity contribution in [2.24, 2.45) is 0 Å². The van der Waals surface area contributed by atoms with Crippen molar-refractivity contribution in [3.05, 3.63) is 30.6 Å². The zero-order valence-electron chi connectivity index (χ0n) is 11.4. The van der Waals surface area contributed by atoms with Crippen LogP contribution in [0.3, 0.4) is 0 Å². The van der Waals surface area contributed by atoms with Gasteiger partial charge in [0.05, 0.1) is 6.10 Å². The summed E-state index contributed by atoms with van der Waals surface area (Å²) >= 11 is 0. The number of aromatic nitrogens is 2. The standard InChI is InChI=1S/C15H15N3O2.ClH/c1-2-6-12-11(5-1)13-14(20-12)15(18-9-17-13)16-8-10-4-3-7-19-10;/h1-2,5-6,9-10H,3-4,7-8H2,(H,16,17,18);1H/p-1. The number of rotatable bonds is 3. The number of hydrogen-bond acceptors (Lipinski definition) is 5. The first-order chi connectivity index (χ1) is 9.92. The molecule has 4 rings (SSSR count). The number of nitrogens with one attached hydrogen (secondary N) is 1. The summed E-state index contributed by atoms with van der Waals surface area (Å²) in [5.74, 6) is 0.738. The third-order valence-corrected chi connectivity index (χ3v) is 3.68. The van der Waals surface area contributed by atoms with E-state index in [9.17, 15) is 0 Å². The third-order valence-electron chi connectivity index (χ3n) is 3.68. The minimum atomic E-state index is 0. The Balaban J connectivity index is 0.00000132. The van der Waals surface area contributed by atoms with E-state index in [-0.39, 0.29) is 18.5 Å². The van der Waals surface area contributed by atoms with Crippen LogP contribution in [0.25, 0.3) is 22.1 Å². The second kappa shape index (κ2) is 5.87. The maximum Gasteiger partial charge on any atom is 0.196 e. The summed E-state index contributed by atoms with van der Waals surface area (Å²) < 4.78 is 11.5. The summed E-state index contributed by atoms with van der Waals surface area (Å²) in [5.41, 5.74) is 2.40. The number of furan rings is 1. The number of nitrogens with zero attached hydrogens (tertiary/aromatic N) is 2. The van der Waals surface area contributed by atoms with Crippen LogP contribution < -0.4 is 17.7 Å². The molecular weight excluding hydrogens is 290 g/mol. The Morgan fingerprint density at radius 2 is 2.14 bits per heavy atom. The topological polar surface area (TPSA) is 60.2 Å². The van der Waals surface area contributed by atoms with Crippen LogP contribution in [0.1, 0.15) is 12.8 Å². The van der Waals surface area contributed by atoms with Crippen LogP contribution in [0.4, 0.5) is 5.82 Å². The minimum absolute atomic E-state index is 0. The van der Waals surface area contributed by atoms with E-state index in [2.05, 4.69) is 15.3 Å². The van der Waals surface area contributed by atoms with Crippen LogP contribution in [-0.4, -0.2) is 29.2 Å². The lowest BCUT2D eigenvalue weighted by molar-refractivity contribution is -0.00000574. The molecule has 5 nitrogen and oxygen atoms in total. The molecule has 0 saturated carbocycles. The molecule has 3 aromatic rings. The van der Waals surface area contributed by atoms with Gasteiger partial charge in [0.2, 0.25) is 0 Å². The van der Waals surface area contributed by atoms with Gasteiger partial charge in [0.25, 0.3) is 0 Å². The summed E-state index contributed by atoms with van der Waals surface area (Å²) in [6.45, 7) is 1.61. The fraction of sp³-hybridized carbons (Fsp3) is 0.333. The lowest BCUT2D eigenvalue weighted by atomic mass is 10.2. The molecular formula is C15H15ClN3O2-. The van der Waals surface area contributed by atoms with E-state index in [1.54, 1.807) is 6.33 Å². The fourth-order valence-corrected chi connectivity index (χ4v) is 2.67. The van der Waals surface area contributed by atoms with Gasteiger partial charge in [0.1, 0.15) is 17.4 Å². The normalized spacial score (nSPS) is 18.0. The Labute approximate surface area is 128 Å². The van der Waals surface area contributed by atoms with Crippen LogP contribution in [0.15, 0.2) is 35.0 Å². The number of para-hydroxylation sites is 1. The average molecular weight is 305 g/mol. The van der Waals surface area contributed by atoms with Gasteiger partial charge in [-0.25, -0.2) is 9.97 Å². The lowest BCUT2D eigenvalue weighted by Gasteiger charge is -2.10. The molecule has 0 amide bonds. The van der Waals surface area contributed by atoms with Crippen molar-refractivity contribution in [3.63, 3.8) is 0 Å². The number of fused-ring (bicyclic) bond motifs is 3. The average Bonchev–Trinajstić information content (AvgIpc) is 3.12. The van der Waals surface area contributed by atoms with Crippen molar-refractivity contribution in [3.8, 4) is 0 Å². The summed E-state index contributed by atoms with van der Waals surface area (Å²) in [4.78, 5) is 8.63. The summed E-state index contributed by atoms with van der Waals surface area (Å²) in [7, 11) is 0. The van der Waals surface area contributed by atoms with Crippen LogP contribution in [0.5, 0.6) is 0 Å². The minimum Gasteiger partial charge on any atom is -1.00 e. The van der Waals surface area contributed by atoms with Crippen molar-refractivity contribution < 1.29 is 21.6 Å². The number of hydrogen-bond donors (Lipinski definition) is 1. The van der Waals surface area contributed by atoms with Crippen molar-refractivity contribution in [2.45, 2.75) is 18.9 Å². The van der Waals surface area contributed by atoms with E-state index in [1.165, 1.54) is 0 Å². The van der Waals surface area contributed by atoms with E-state index in [4.69, 9.17) is 9.15 Å². The van der Waals surface area contributed by atoms with Gasteiger partial charge in [0, 0.05) is 18.5 Å². The molecule has 0 bridgehead atoms. The van der Waals surface area contributed by atoms with Crippen molar-refractivity contribution in [2.75, 3.05) is 18.5 Å². The van der Waals surface area contributed by atoms with Crippen molar-refractivity contribution >= 4 is 27.9 Å². The molecule has 1 aromatic carbocycles. The second-order valence-corrected chi connectivity index (χ2v) is 5.01. The number of halogens is 1. The zero-order chi connectivity index (χ0) is 13.4. The monoisotopic (exact) mass is 304 g/mol. The molecule has 1 aliphatic heterocycles. The van der Waals surface area contributed by atoms with Gasteiger partial charge in [-0.15, -0.1) is 0 Å². The molecule has 0 radical (unpaired) electrons. The highest BCUT2D eigenvalue weighted by Crippen LogP contribution is 2.30. The summed E-state index contributed by atoms with van der Waals surface area (Å²) in [6.07, 6.45) is 4.07. The molecule has 1 aliphatic rings. The van der Waals surface area contributed by atoms with Gasteiger partial charge < -0.3 is 26.9 Å². The Hall–Kier alpha value is -1.85. The Morgan fingerprint density at radius 1 is 1.24 bits per heavy atom. The molecule has 3 heterocycles. The molecule has 2 aromatic heterocycles. The first kappa shape index (κ1) is 14.1. The van der Waals surface area contributed by atoms with Crippen LogP contribution >= 0.6 is 0 Å². The SMILES string of the molecule is [Cl-].c1ccc2c(c1)oc1c(NCC3CCCO3)ncnc12. The maximum absolute atomic E-state index is 5.87. The molecule has 0 spiro atoms. The maximum atomic E-state index is 5.87. The quantitative estimate of drug-likeness (QED) is 0.736. The largest absolute Gasteiger partial charge is 1.00 e. The van der Waals surface area contributed by atoms with Gasteiger partial charge in [0.15, 0.2) is 11.4 Å². The van der Waals surface area contributed by atoms with Crippen LogP contribution in [0.2, 0.25) is 0 Å². The third kappa shape index (κ3) is 2.54. The highest BCUT2D eigenvalue weighted by molar-refractivity contribution is 6.05. The molecule has 1 fully saturated rings. The van der Waals surface area contributed by atoms with Gasteiger partial charge in [-0.2, -0.15) is 0 Å². The number of anilines is 1. The van der Waals surface area contributed by atoms with Gasteiger partial charge in [-0.3, -0.25) is 0 Å². The van der Waals surface area contributed by atoms with E-state index in [0.717, 1.165) is 48.3 Å². The van der Waals surface area contributed by atoms with Crippen molar-refractivity contribution in [1.82, 2.24) is 9.97 Å². The highest BCUT2D eigenvalue weighted by atomic mass is 35.5.